The van der Waals surface area contributed by atoms with Crippen molar-refractivity contribution in [2.45, 2.75) is 38.0 Å². The van der Waals surface area contributed by atoms with Crippen LogP contribution in [0.4, 0.5) is 10.6 Å². The zero-order valence-electron chi connectivity index (χ0n) is 13.0. The van der Waals surface area contributed by atoms with E-state index in [1.54, 1.807) is 11.0 Å². The van der Waals surface area contributed by atoms with Crippen LogP contribution in [-0.4, -0.2) is 40.1 Å². The predicted octanol–water partition coefficient (Wildman–Crippen LogP) is 2.68. The summed E-state index contributed by atoms with van der Waals surface area (Å²) in [4.78, 5) is 30.3. The highest BCUT2D eigenvalue weighted by molar-refractivity contribution is 5.89. The van der Waals surface area contributed by atoms with Gasteiger partial charge in [0.2, 0.25) is 0 Å². The molecule has 122 valence electrons. The van der Waals surface area contributed by atoms with Crippen LogP contribution < -0.4 is 5.32 Å². The maximum Gasteiger partial charge on any atom is 0.323 e. The number of nitrogens with one attached hydrogen (secondary N) is 1. The van der Waals surface area contributed by atoms with Gasteiger partial charge in [-0.05, 0) is 43.7 Å². The van der Waals surface area contributed by atoms with Crippen LogP contribution in [0.1, 0.15) is 43.7 Å². The summed E-state index contributed by atoms with van der Waals surface area (Å²) in [5.74, 6) is 0.412. The van der Waals surface area contributed by atoms with E-state index in [4.69, 9.17) is 0 Å². The second kappa shape index (κ2) is 5.22. The van der Waals surface area contributed by atoms with Crippen molar-refractivity contribution < 1.29 is 14.7 Å². The van der Waals surface area contributed by atoms with Gasteiger partial charge in [0.05, 0.1) is 5.41 Å². The summed E-state index contributed by atoms with van der Waals surface area (Å²) in [6.45, 7) is 0.835. The Bertz CT molecular complexity index is 658. The molecular weight excluding hydrogens is 294 g/mol. The molecule has 2 N–H and O–H groups in total. The van der Waals surface area contributed by atoms with Crippen LogP contribution in [0.25, 0.3) is 0 Å². The maximum absolute atomic E-state index is 12.5. The number of urea groups is 1. The molecule has 0 radical (unpaired) electrons. The third kappa shape index (κ3) is 2.46. The number of hydrogen-bond donors (Lipinski definition) is 2. The van der Waals surface area contributed by atoms with E-state index in [9.17, 15) is 14.7 Å². The van der Waals surface area contributed by atoms with E-state index in [0.29, 0.717) is 31.2 Å². The van der Waals surface area contributed by atoms with Gasteiger partial charge in [-0.3, -0.25) is 10.1 Å². The van der Waals surface area contributed by atoms with E-state index >= 15 is 0 Å². The molecule has 6 heteroatoms. The van der Waals surface area contributed by atoms with Gasteiger partial charge in [0.15, 0.2) is 0 Å². The Balaban J connectivity index is 1.46. The minimum atomic E-state index is -0.760. The molecule has 0 unspecified atom stereocenters. The monoisotopic (exact) mass is 315 g/mol. The predicted molar refractivity (Wildman–Crippen MR) is 84.2 cm³/mol. The topological polar surface area (TPSA) is 82.5 Å². The van der Waals surface area contributed by atoms with Gasteiger partial charge in [0.25, 0.3) is 0 Å². The summed E-state index contributed by atoms with van der Waals surface area (Å²) in [6.07, 6.45) is 4.84. The van der Waals surface area contributed by atoms with Gasteiger partial charge in [-0.15, -0.1) is 0 Å². The Morgan fingerprint density at radius 2 is 2.13 bits per heavy atom. The number of likely N-dealkylation sites (tertiary alicyclic amines) is 1. The Kier molecular flexibility index (Phi) is 3.28. The van der Waals surface area contributed by atoms with Crippen molar-refractivity contribution in [3.05, 3.63) is 23.9 Å². The number of rotatable bonds is 3. The summed E-state index contributed by atoms with van der Waals surface area (Å²) >= 11 is 0. The van der Waals surface area contributed by atoms with Crippen molar-refractivity contribution in [2.75, 3.05) is 18.4 Å². The van der Waals surface area contributed by atoms with E-state index in [-0.39, 0.29) is 11.9 Å². The molecule has 0 bridgehead atoms. The summed E-state index contributed by atoms with van der Waals surface area (Å²) in [7, 11) is 0. The van der Waals surface area contributed by atoms with Gasteiger partial charge in [-0.1, -0.05) is 12.5 Å². The molecule has 2 saturated carbocycles. The first-order valence-corrected chi connectivity index (χ1v) is 8.35. The molecule has 0 spiro atoms. The number of carbonyl (C=O) groups excluding carboxylic acids is 1. The van der Waals surface area contributed by atoms with Crippen LogP contribution in [0.15, 0.2) is 18.2 Å². The number of pyridine rings is 1. The first-order valence-electron chi connectivity index (χ1n) is 8.35. The Hall–Kier alpha value is -2.11. The lowest BCUT2D eigenvalue weighted by atomic mass is 9.81. The van der Waals surface area contributed by atoms with Crippen LogP contribution in [0.5, 0.6) is 0 Å². The van der Waals surface area contributed by atoms with E-state index in [0.717, 1.165) is 18.5 Å². The molecule has 2 amide bonds. The molecule has 2 heterocycles. The third-order valence-corrected chi connectivity index (χ3v) is 5.59. The Labute approximate surface area is 134 Å². The molecule has 1 saturated heterocycles. The highest BCUT2D eigenvalue weighted by Crippen LogP contribution is 2.49. The lowest BCUT2D eigenvalue weighted by Crippen LogP contribution is -2.38. The second-order valence-corrected chi connectivity index (χ2v) is 7.08. The van der Waals surface area contributed by atoms with E-state index in [1.165, 1.54) is 12.8 Å². The minimum absolute atomic E-state index is 0.0801. The molecule has 2 atom stereocenters. The van der Waals surface area contributed by atoms with Crippen LogP contribution in [-0.2, 0) is 4.79 Å². The summed E-state index contributed by atoms with van der Waals surface area (Å²) in [5, 5.41) is 12.4. The first-order chi connectivity index (χ1) is 11.1. The smallest absolute Gasteiger partial charge is 0.323 e. The SMILES string of the molecule is O=C(Nc1cccc(C2CC2)n1)N1C[C@@H]2CCC[C@@]2(C(=O)O)C1. The fourth-order valence-electron chi connectivity index (χ4n) is 4.11. The Morgan fingerprint density at radius 3 is 2.83 bits per heavy atom. The van der Waals surface area contributed by atoms with Gasteiger partial charge in [-0.25, -0.2) is 9.78 Å². The lowest BCUT2D eigenvalue weighted by Gasteiger charge is -2.23. The number of nitrogens with zero attached hydrogens (tertiary/aromatic N) is 2. The van der Waals surface area contributed by atoms with E-state index in [1.807, 2.05) is 12.1 Å². The molecule has 4 rings (SSSR count). The average Bonchev–Trinajstić information content (AvgIpc) is 3.18. The quantitative estimate of drug-likeness (QED) is 0.898. The van der Waals surface area contributed by atoms with Gasteiger partial charge in [0.1, 0.15) is 5.82 Å². The van der Waals surface area contributed by atoms with E-state index < -0.39 is 11.4 Å². The molecular formula is C17H21N3O3. The van der Waals surface area contributed by atoms with Crippen LogP contribution in [0.2, 0.25) is 0 Å². The molecule has 2 aliphatic carbocycles. The number of carboxylic acids is 1. The first kappa shape index (κ1) is 14.5. The van der Waals surface area contributed by atoms with Crippen LogP contribution in [0, 0.1) is 11.3 Å². The third-order valence-electron chi connectivity index (χ3n) is 5.59. The largest absolute Gasteiger partial charge is 0.481 e. The van der Waals surface area contributed by atoms with Crippen LogP contribution >= 0.6 is 0 Å². The maximum atomic E-state index is 12.5. The van der Waals surface area contributed by atoms with E-state index in [2.05, 4.69) is 10.3 Å². The van der Waals surface area contributed by atoms with Crippen molar-refractivity contribution in [1.29, 1.82) is 0 Å². The number of hydrogen-bond acceptors (Lipinski definition) is 3. The number of anilines is 1. The van der Waals surface area contributed by atoms with Gasteiger partial charge in [0, 0.05) is 24.7 Å². The number of aromatic nitrogens is 1. The lowest BCUT2D eigenvalue weighted by molar-refractivity contribution is -0.149. The molecule has 3 aliphatic rings. The van der Waals surface area contributed by atoms with Gasteiger partial charge in [-0.2, -0.15) is 0 Å². The number of fused-ring (bicyclic) bond motifs is 1. The fourth-order valence-corrected chi connectivity index (χ4v) is 4.11. The van der Waals surface area contributed by atoms with Gasteiger partial charge < -0.3 is 10.0 Å². The molecule has 23 heavy (non-hydrogen) atoms. The van der Waals surface area contributed by atoms with Crippen LogP contribution in [0.3, 0.4) is 0 Å². The zero-order valence-corrected chi connectivity index (χ0v) is 13.0. The number of aliphatic carboxylic acids is 1. The number of carboxylic acid groups (broad SMARTS) is 1. The highest BCUT2D eigenvalue weighted by atomic mass is 16.4. The minimum Gasteiger partial charge on any atom is -0.481 e. The zero-order chi connectivity index (χ0) is 16.0. The summed E-state index contributed by atoms with van der Waals surface area (Å²) in [6, 6.07) is 5.45. The number of amides is 2. The number of carbonyl (C=O) groups is 2. The summed E-state index contributed by atoms with van der Waals surface area (Å²) in [5.41, 5.74) is 0.295. The molecule has 0 aromatic carbocycles. The highest BCUT2D eigenvalue weighted by Gasteiger charge is 2.55. The summed E-state index contributed by atoms with van der Waals surface area (Å²) < 4.78 is 0. The molecule has 6 nitrogen and oxygen atoms in total. The standard InChI is InChI=1S/C17H21N3O3/c21-15(22)17-8-2-3-12(17)9-20(10-17)16(23)19-14-5-1-4-13(18-14)11-6-7-11/h1,4-5,11-12H,2-3,6-10H2,(H,21,22)(H,18,19,23)/t12-,17+/m0/s1. The molecule has 1 aromatic heterocycles. The molecule has 1 aliphatic heterocycles. The van der Waals surface area contributed by atoms with Crippen molar-refractivity contribution in [3.63, 3.8) is 0 Å². The van der Waals surface area contributed by atoms with Crippen molar-refractivity contribution in [3.8, 4) is 0 Å². The fraction of sp³-hybridized carbons (Fsp3) is 0.588. The average molecular weight is 315 g/mol. The second-order valence-electron chi connectivity index (χ2n) is 7.08. The van der Waals surface area contributed by atoms with Gasteiger partial charge >= 0.3 is 12.0 Å². The molecule has 1 aromatic rings. The molecule has 3 fully saturated rings. The van der Waals surface area contributed by atoms with Crippen molar-refractivity contribution >= 4 is 17.8 Å². The Morgan fingerprint density at radius 1 is 1.30 bits per heavy atom. The van der Waals surface area contributed by atoms with Crippen molar-refractivity contribution in [2.24, 2.45) is 11.3 Å². The van der Waals surface area contributed by atoms with Crippen molar-refractivity contribution in [1.82, 2.24) is 9.88 Å². The normalized spacial score (nSPS) is 29.4.